The van der Waals surface area contributed by atoms with Crippen LogP contribution in [0.15, 0.2) is 18.2 Å². The number of rotatable bonds is 2. The molecule has 1 nitrogen and oxygen atoms in total. The summed E-state index contributed by atoms with van der Waals surface area (Å²) in [6, 6.07) is 6.25. The summed E-state index contributed by atoms with van der Waals surface area (Å²) < 4.78 is 0. The predicted molar refractivity (Wildman–Crippen MR) is 69.2 cm³/mol. The maximum absolute atomic E-state index is 12.5. The van der Waals surface area contributed by atoms with Crippen LogP contribution in [0, 0.1) is 31.6 Å². The molecule has 0 amide bonds. The molecular formula is C16H20O. The van der Waals surface area contributed by atoms with Crippen LogP contribution < -0.4 is 0 Å². The molecule has 1 aromatic rings. The zero-order chi connectivity index (χ0) is 12.0. The molecule has 3 rings (SSSR count). The maximum Gasteiger partial charge on any atom is 0.166 e. The third-order valence-electron chi connectivity index (χ3n) is 4.58. The van der Waals surface area contributed by atoms with Crippen molar-refractivity contribution in [2.24, 2.45) is 17.8 Å². The van der Waals surface area contributed by atoms with Gasteiger partial charge in [-0.1, -0.05) is 23.6 Å². The van der Waals surface area contributed by atoms with Gasteiger partial charge in [0.15, 0.2) is 5.78 Å². The zero-order valence-electron chi connectivity index (χ0n) is 10.7. The third kappa shape index (κ3) is 1.92. The van der Waals surface area contributed by atoms with E-state index in [1.54, 1.807) is 0 Å². The van der Waals surface area contributed by atoms with Gasteiger partial charge in [0.25, 0.3) is 0 Å². The Labute approximate surface area is 103 Å². The average Bonchev–Trinajstić information content (AvgIpc) is 2.88. The molecule has 0 radical (unpaired) electrons. The van der Waals surface area contributed by atoms with E-state index in [0.29, 0.717) is 17.6 Å². The number of Topliss-reactive ketones (excluding diaryl/α,β-unsaturated/α-hetero) is 1. The highest BCUT2D eigenvalue weighted by Gasteiger charge is 2.43. The van der Waals surface area contributed by atoms with Gasteiger partial charge in [-0.3, -0.25) is 4.79 Å². The Morgan fingerprint density at radius 2 is 1.76 bits per heavy atom. The summed E-state index contributed by atoms with van der Waals surface area (Å²) in [7, 11) is 0. The lowest BCUT2D eigenvalue weighted by atomic mass is 9.83. The Balaban J connectivity index is 1.86. The van der Waals surface area contributed by atoms with Crippen molar-refractivity contribution >= 4 is 5.78 Å². The normalized spacial score (nSPS) is 30.8. The number of ketones is 1. The summed E-state index contributed by atoms with van der Waals surface area (Å²) in [4.78, 5) is 12.5. The number of hydrogen-bond donors (Lipinski definition) is 0. The highest BCUT2D eigenvalue weighted by molar-refractivity contribution is 5.98. The van der Waals surface area contributed by atoms with Crippen molar-refractivity contribution in [1.29, 1.82) is 0 Å². The molecule has 0 heterocycles. The SMILES string of the molecule is Cc1cc(C)cc(C(=O)C2CC3CCC2C3)c1. The van der Waals surface area contributed by atoms with Crippen molar-refractivity contribution < 1.29 is 4.79 Å². The molecule has 2 aliphatic carbocycles. The number of hydrogen-bond acceptors (Lipinski definition) is 1. The maximum atomic E-state index is 12.5. The lowest BCUT2D eigenvalue weighted by molar-refractivity contribution is 0.0874. The third-order valence-corrected chi connectivity index (χ3v) is 4.58. The topological polar surface area (TPSA) is 17.1 Å². The Hall–Kier alpha value is -1.11. The van der Waals surface area contributed by atoms with Gasteiger partial charge < -0.3 is 0 Å². The molecular weight excluding hydrogens is 208 g/mol. The zero-order valence-corrected chi connectivity index (χ0v) is 10.7. The lowest BCUT2D eigenvalue weighted by Crippen LogP contribution is -2.21. The molecule has 1 heteroatoms. The summed E-state index contributed by atoms with van der Waals surface area (Å²) in [5.41, 5.74) is 3.35. The van der Waals surface area contributed by atoms with Gasteiger partial charge in [-0.25, -0.2) is 0 Å². The van der Waals surface area contributed by atoms with Gasteiger partial charge in [-0.15, -0.1) is 0 Å². The van der Waals surface area contributed by atoms with Crippen LogP contribution in [0.25, 0.3) is 0 Å². The van der Waals surface area contributed by atoms with E-state index in [1.165, 1.54) is 30.4 Å². The molecule has 2 bridgehead atoms. The highest BCUT2D eigenvalue weighted by atomic mass is 16.1. The second kappa shape index (κ2) is 3.97. The van der Waals surface area contributed by atoms with E-state index in [4.69, 9.17) is 0 Å². The lowest BCUT2D eigenvalue weighted by Gasteiger charge is -2.20. The fraction of sp³-hybridized carbons (Fsp3) is 0.562. The fourth-order valence-electron chi connectivity index (χ4n) is 3.90. The largest absolute Gasteiger partial charge is 0.294 e. The fourth-order valence-corrected chi connectivity index (χ4v) is 3.90. The molecule has 3 atom stereocenters. The number of fused-ring (bicyclic) bond motifs is 2. The van der Waals surface area contributed by atoms with Crippen molar-refractivity contribution in [3.8, 4) is 0 Å². The summed E-state index contributed by atoms with van der Waals surface area (Å²) in [6.07, 6.45) is 5.10. The standard InChI is InChI=1S/C16H20O/c1-10-5-11(2)7-14(6-10)16(17)15-9-12-3-4-13(15)8-12/h5-7,12-13,15H,3-4,8-9H2,1-2H3. The second-order valence-electron chi connectivity index (χ2n) is 6.02. The second-order valence-corrected chi connectivity index (χ2v) is 6.02. The quantitative estimate of drug-likeness (QED) is 0.701. The molecule has 0 spiro atoms. The van der Waals surface area contributed by atoms with Gasteiger partial charge in [-0.05, 0) is 57.1 Å². The molecule has 90 valence electrons. The van der Waals surface area contributed by atoms with Crippen molar-refractivity contribution in [1.82, 2.24) is 0 Å². The van der Waals surface area contributed by atoms with E-state index >= 15 is 0 Å². The molecule has 1 aromatic carbocycles. The van der Waals surface area contributed by atoms with Crippen LogP contribution in [-0.4, -0.2) is 5.78 Å². The Kier molecular flexibility index (Phi) is 2.57. The predicted octanol–water partition coefficient (Wildman–Crippen LogP) is 3.92. The Bertz CT molecular complexity index is 440. The summed E-state index contributed by atoms with van der Waals surface area (Å²) in [6.45, 7) is 4.15. The van der Waals surface area contributed by atoms with E-state index in [9.17, 15) is 4.79 Å². The number of aryl methyl sites for hydroxylation is 2. The first kappa shape index (κ1) is 11.0. The van der Waals surface area contributed by atoms with Gasteiger partial charge in [0.2, 0.25) is 0 Å². The van der Waals surface area contributed by atoms with Gasteiger partial charge in [-0.2, -0.15) is 0 Å². The molecule has 0 saturated heterocycles. The number of carbonyl (C=O) groups excluding carboxylic acids is 1. The minimum atomic E-state index is 0.329. The molecule has 0 aromatic heterocycles. The van der Waals surface area contributed by atoms with Crippen molar-refractivity contribution in [3.63, 3.8) is 0 Å². The van der Waals surface area contributed by atoms with Crippen molar-refractivity contribution in [2.75, 3.05) is 0 Å². The first-order chi connectivity index (χ1) is 8.13. The van der Waals surface area contributed by atoms with Gasteiger partial charge in [0.1, 0.15) is 0 Å². The number of carbonyl (C=O) groups is 1. The molecule has 0 N–H and O–H groups in total. The first-order valence-corrected chi connectivity index (χ1v) is 6.76. The highest BCUT2D eigenvalue weighted by Crippen LogP contribution is 2.49. The minimum Gasteiger partial charge on any atom is -0.294 e. The molecule has 2 aliphatic rings. The monoisotopic (exact) mass is 228 g/mol. The van der Waals surface area contributed by atoms with Crippen LogP contribution in [0.4, 0.5) is 0 Å². The van der Waals surface area contributed by atoms with Gasteiger partial charge >= 0.3 is 0 Å². The van der Waals surface area contributed by atoms with Crippen LogP contribution in [0.5, 0.6) is 0 Å². The summed E-state index contributed by atoms with van der Waals surface area (Å²) >= 11 is 0. The van der Waals surface area contributed by atoms with Crippen LogP contribution >= 0.6 is 0 Å². The van der Waals surface area contributed by atoms with Crippen molar-refractivity contribution in [2.45, 2.75) is 39.5 Å². The van der Waals surface area contributed by atoms with Gasteiger partial charge in [0.05, 0.1) is 0 Å². The average molecular weight is 228 g/mol. The Morgan fingerprint density at radius 1 is 1.06 bits per heavy atom. The van der Waals surface area contributed by atoms with E-state index in [-0.39, 0.29) is 0 Å². The summed E-state index contributed by atoms with van der Waals surface area (Å²) in [5.74, 6) is 2.27. The number of benzene rings is 1. The van der Waals surface area contributed by atoms with Crippen LogP contribution in [0.2, 0.25) is 0 Å². The smallest absolute Gasteiger partial charge is 0.166 e. The van der Waals surface area contributed by atoms with E-state index in [1.807, 2.05) is 0 Å². The van der Waals surface area contributed by atoms with E-state index < -0.39 is 0 Å². The van der Waals surface area contributed by atoms with Crippen LogP contribution in [-0.2, 0) is 0 Å². The molecule has 2 saturated carbocycles. The molecule has 17 heavy (non-hydrogen) atoms. The molecule has 3 unspecified atom stereocenters. The minimum absolute atomic E-state index is 0.329. The van der Waals surface area contributed by atoms with Crippen LogP contribution in [0.3, 0.4) is 0 Å². The molecule has 2 fully saturated rings. The first-order valence-electron chi connectivity index (χ1n) is 6.76. The molecule has 0 aliphatic heterocycles. The van der Waals surface area contributed by atoms with E-state index in [2.05, 4.69) is 32.0 Å². The van der Waals surface area contributed by atoms with Gasteiger partial charge in [0, 0.05) is 11.5 Å². The van der Waals surface area contributed by atoms with Crippen LogP contribution in [0.1, 0.15) is 47.2 Å². The Morgan fingerprint density at radius 3 is 2.29 bits per heavy atom. The van der Waals surface area contributed by atoms with E-state index in [0.717, 1.165) is 17.9 Å². The van der Waals surface area contributed by atoms with Crippen molar-refractivity contribution in [3.05, 3.63) is 34.9 Å². The summed E-state index contributed by atoms with van der Waals surface area (Å²) in [5, 5.41) is 0.